The number of aliphatic carboxylic acids is 4. The molecule has 0 unspecified atom stereocenters. The Kier molecular flexibility index (Phi) is 21.6. The van der Waals surface area contributed by atoms with Crippen LogP contribution in [0.5, 0.6) is 11.5 Å². The fourth-order valence-electron chi connectivity index (χ4n) is 10.7. The Morgan fingerprint density at radius 3 is 1.80 bits per heavy atom. The number of methoxy groups -OCH3 is 1. The summed E-state index contributed by atoms with van der Waals surface area (Å²) in [5.74, 6) is -3.85. The number of benzene rings is 3. The number of aromatic nitrogens is 1. The summed E-state index contributed by atoms with van der Waals surface area (Å²) in [5.41, 5.74) is 3.95. The molecule has 7 rings (SSSR count). The Balaban J connectivity index is 1.08. The molecule has 3 aromatic carbocycles. The SMILES string of the molecule is COc1cc(C(=O)Nc2cccc(-c3cccc(/C=C/c4cc(OCCOCCN5CCN(CC(=O)O)CCN(CC(=O)O)CC5)c(CN5CCCC[C@H]5C(=O)O)cc4C(F)(F)F)c3C)c2C)ncc1CN1CCCC[C@H]1C(=O)O. The van der Waals surface area contributed by atoms with E-state index in [9.17, 15) is 44.4 Å². The molecule has 0 aliphatic carbocycles. The van der Waals surface area contributed by atoms with Crippen molar-refractivity contribution in [1.29, 1.82) is 0 Å². The van der Waals surface area contributed by atoms with Gasteiger partial charge in [0.2, 0.25) is 0 Å². The van der Waals surface area contributed by atoms with Gasteiger partial charge in [0.25, 0.3) is 5.91 Å². The number of hydrogen-bond acceptors (Lipinski definition) is 14. The lowest BCUT2D eigenvalue weighted by atomic mass is 9.92. The highest BCUT2D eigenvalue weighted by Crippen LogP contribution is 2.39. The predicted molar refractivity (Wildman–Crippen MR) is 293 cm³/mol. The third kappa shape index (κ3) is 16.6. The number of ether oxygens (including phenoxy) is 3. The standard InChI is InChI=1S/C58H72F3N7O12/c1-38-40(10-8-11-44(38)45-12-9-13-47(39(45)2)63-55(73)48-32-51(78-3)43(33-62-48)35-68-19-7-5-15-50(68)57(76)77)16-17-41-31-52(42(30-46(41)58(59,60)61)34-67-18-6-4-14-49(67)56(74)75)80-29-28-79-27-26-64-20-22-65(36-53(69)70)24-25-66(23-21-64)37-54(71)72/h8-13,16-17,30-33,49-50H,4-7,14-15,18-29,34-37H2,1-3H3,(H,63,73)(H,69,70)(H,71,72)(H,74,75)(H,76,77)/b17-16+/t49-,50-/m0/s1. The van der Waals surface area contributed by atoms with Crippen molar-refractivity contribution in [3.05, 3.63) is 105 Å². The summed E-state index contributed by atoms with van der Waals surface area (Å²) in [5, 5.41) is 41.6. The van der Waals surface area contributed by atoms with Gasteiger partial charge < -0.3 is 40.0 Å². The lowest BCUT2D eigenvalue weighted by Crippen LogP contribution is -2.44. The summed E-state index contributed by atoms with van der Waals surface area (Å²) in [6, 6.07) is 13.3. The van der Waals surface area contributed by atoms with Crippen LogP contribution in [-0.4, -0.2) is 191 Å². The predicted octanol–water partition coefficient (Wildman–Crippen LogP) is 7.18. The smallest absolute Gasteiger partial charge is 0.417 e. The quantitative estimate of drug-likeness (QED) is 0.0365. The maximum atomic E-state index is 15.1. The van der Waals surface area contributed by atoms with Gasteiger partial charge in [-0.25, -0.2) is 0 Å². The van der Waals surface area contributed by atoms with Gasteiger partial charge in [-0.1, -0.05) is 55.3 Å². The lowest BCUT2D eigenvalue weighted by molar-refractivity contribution is -0.145. The van der Waals surface area contributed by atoms with Crippen LogP contribution in [0.2, 0.25) is 0 Å². The Morgan fingerprint density at radius 2 is 1.23 bits per heavy atom. The summed E-state index contributed by atoms with van der Waals surface area (Å²) in [4.78, 5) is 74.5. The van der Waals surface area contributed by atoms with E-state index in [-0.39, 0.29) is 62.0 Å². The van der Waals surface area contributed by atoms with Gasteiger partial charge in [-0.05, 0) is 104 Å². The van der Waals surface area contributed by atoms with Gasteiger partial charge >= 0.3 is 30.1 Å². The fourth-order valence-corrected chi connectivity index (χ4v) is 10.7. The highest BCUT2D eigenvalue weighted by molar-refractivity contribution is 6.04. The molecule has 1 aromatic heterocycles. The minimum Gasteiger partial charge on any atom is -0.496 e. The van der Waals surface area contributed by atoms with E-state index >= 15 is 13.2 Å². The van der Waals surface area contributed by atoms with E-state index in [4.69, 9.17) is 14.2 Å². The molecule has 22 heteroatoms. The number of amides is 1. The first-order valence-electron chi connectivity index (χ1n) is 27.0. The highest BCUT2D eigenvalue weighted by Gasteiger charge is 2.36. The van der Waals surface area contributed by atoms with Crippen molar-refractivity contribution in [2.24, 2.45) is 0 Å². The number of carbonyl (C=O) groups is 5. The summed E-state index contributed by atoms with van der Waals surface area (Å²) < 4.78 is 63.2. The number of rotatable bonds is 23. The van der Waals surface area contributed by atoms with Crippen molar-refractivity contribution in [2.45, 2.75) is 83.7 Å². The van der Waals surface area contributed by atoms with Crippen molar-refractivity contribution in [1.82, 2.24) is 29.5 Å². The Hall–Kier alpha value is -6.95. The molecular weight excluding hydrogens is 1040 g/mol. The monoisotopic (exact) mass is 1120 g/mol. The average Bonchev–Trinajstić information content (AvgIpc) is 3.53. The number of nitrogens with zero attached hydrogens (tertiary/aromatic N) is 6. The van der Waals surface area contributed by atoms with Crippen LogP contribution in [0.25, 0.3) is 23.3 Å². The molecule has 4 aromatic rings. The Bertz CT molecular complexity index is 2840. The van der Waals surface area contributed by atoms with Crippen LogP contribution >= 0.6 is 0 Å². The molecule has 0 spiro atoms. The van der Waals surface area contributed by atoms with Crippen LogP contribution in [0.4, 0.5) is 18.9 Å². The van der Waals surface area contributed by atoms with Crippen molar-refractivity contribution in [2.75, 3.05) is 104 Å². The highest BCUT2D eigenvalue weighted by atomic mass is 19.4. The molecule has 80 heavy (non-hydrogen) atoms. The zero-order valence-electron chi connectivity index (χ0n) is 45.5. The molecule has 5 N–H and O–H groups in total. The maximum Gasteiger partial charge on any atom is 0.417 e. The lowest BCUT2D eigenvalue weighted by Gasteiger charge is -2.33. The molecule has 2 atom stereocenters. The first kappa shape index (κ1) is 60.7. The summed E-state index contributed by atoms with van der Waals surface area (Å²) in [6.07, 6.45) is 3.68. The number of hydrogen-bond donors (Lipinski definition) is 5. The van der Waals surface area contributed by atoms with Crippen LogP contribution in [0.1, 0.15) is 88.0 Å². The molecule has 3 fully saturated rings. The number of likely N-dealkylation sites (tertiary alicyclic amines) is 2. The number of halogens is 3. The summed E-state index contributed by atoms with van der Waals surface area (Å²) in [6.45, 7) is 8.00. The van der Waals surface area contributed by atoms with Gasteiger partial charge in [0.15, 0.2) is 0 Å². The third-order valence-electron chi connectivity index (χ3n) is 15.1. The van der Waals surface area contributed by atoms with Gasteiger partial charge in [-0.3, -0.25) is 53.5 Å². The van der Waals surface area contributed by atoms with Crippen LogP contribution in [0, 0.1) is 13.8 Å². The second-order valence-electron chi connectivity index (χ2n) is 20.5. The van der Waals surface area contributed by atoms with E-state index in [0.29, 0.717) is 114 Å². The molecule has 0 saturated carbocycles. The van der Waals surface area contributed by atoms with Crippen LogP contribution < -0.4 is 14.8 Å². The van der Waals surface area contributed by atoms with Crippen molar-refractivity contribution < 1.29 is 71.8 Å². The van der Waals surface area contributed by atoms with Gasteiger partial charge in [-0.2, -0.15) is 13.2 Å². The summed E-state index contributed by atoms with van der Waals surface area (Å²) in [7, 11) is 1.48. The van der Waals surface area contributed by atoms with Crippen LogP contribution in [0.3, 0.4) is 0 Å². The maximum absolute atomic E-state index is 15.1. The minimum absolute atomic E-state index is 0.0466. The van der Waals surface area contributed by atoms with Crippen molar-refractivity contribution in [3.63, 3.8) is 0 Å². The molecule has 432 valence electrons. The molecule has 0 bridgehead atoms. The number of carbonyl (C=O) groups excluding carboxylic acids is 1. The van der Waals surface area contributed by atoms with E-state index in [2.05, 4.69) is 15.2 Å². The number of carboxylic acid groups (broad SMARTS) is 4. The van der Waals surface area contributed by atoms with Gasteiger partial charge in [-0.15, -0.1) is 0 Å². The number of carboxylic acids is 4. The van der Waals surface area contributed by atoms with Crippen molar-refractivity contribution in [3.8, 4) is 22.6 Å². The van der Waals surface area contributed by atoms with E-state index in [1.807, 2.05) is 30.9 Å². The second kappa shape index (κ2) is 28.5. The zero-order chi connectivity index (χ0) is 57.5. The van der Waals surface area contributed by atoms with E-state index in [0.717, 1.165) is 41.2 Å². The minimum atomic E-state index is -4.80. The Labute approximate surface area is 463 Å². The first-order valence-corrected chi connectivity index (χ1v) is 27.0. The molecule has 1 amide bonds. The Morgan fingerprint density at radius 1 is 0.662 bits per heavy atom. The molecular formula is C58H72F3N7O12. The number of pyridine rings is 1. The molecule has 3 aliphatic rings. The first-order chi connectivity index (χ1) is 38.3. The van der Waals surface area contributed by atoms with Gasteiger partial charge in [0.1, 0.15) is 35.9 Å². The van der Waals surface area contributed by atoms with Gasteiger partial charge in [0, 0.05) is 88.0 Å². The number of piperidine rings is 2. The number of alkyl halides is 3. The molecule has 19 nitrogen and oxygen atoms in total. The molecule has 4 heterocycles. The van der Waals surface area contributed by atoms with E-state index in [1.165, 1.54) is 31.5 Å². The second-order valence-corrected chi connectivity index (χ2v) is 20.5. The third-order valence-corrected chi connectivity index (χ3v) is 15.1. The fraction of sp³-hybridized carbons (Fsp3) is 0.483. The normalized spacial score (nSPS) is 18.5. The average molecular weight is 1120 g/mol. The molecule has 3 aliphatic heterocycles. The number of nitrogens with one attached hydrogen (secondary N) is 1. The van der Waals surface area contributed by atoms with Crippen LogP contribution in [0.15, 0.2) is 60.8 Å². The largest absolute Gasteiger partial charge is 0.496 e. The van der Waals surface area contributed by atoms with Gasteiger partial charge in [0.05, 0.1) is 39.0 Å². The topological polar surface area (TPSA) is 235 Å². The number of anilines is 1. The van der Waals surface area contributed by atoms with E-state index in [1.54, 1.807) is 45.0 Å². The zero-order valence-corrected chi connectivity index (χ0v) is 45.5. The van der Waals surface area contributed by atoms with E-state index < -0.39 is 53.6 Å². The molecule has 0 radical (unpaired) electrons. The summed E-state index contributed by atoms with van der Waals surface area (Å²) >= 11 is 0. The van der Waals surface area contributed by atoms with Crippen LogP contribution in [-0.2, 0) is 43.2 Å². The molecule has 3 saturated heterocycles. The van der Waals surface area contributed by atoms with Crippen molar-refractivity contribution >= 4 is 47.6 Å².